The summed E-state index contributed by atoms with van der Waals surface area (Å²) >= 11 is 0. The zero-order chi connectivity index (χ0) is 20.9. The highest BCUT2D eigenvalue weighted by molar-refractivity contribution is 8.00. The molecule has 6 heteroatoms. The Bertz CT molecular complexity index is 1030. The van der Waals surface area contributed by atoms with Crippen LogP contribution in [0.4, 0.5) is 0 Å². The summed E-state index contributed by atoms with van der Waals surface area (Å²) in [5, 5.41) is 11.0. The monoisotopic (exact) mass is 431 g/mol. The largest absolute Gasteiger partial charge is 0.392 e. The minimum Gasteiger partial charge on any atom is -0.392 e. The van der Waals surface area contributed by atoms with Crippen LogP contribution in [0.3, 0.4) is 0 Å². The first-order valence-electron chi connectivity index (χ1n) is 10.1. The van der Waals surface area contributed by atoms with Crippen molar-refractivity contribution in [3.63, 3.8) is 0 Å². The third kappa shape index (κ3) is 3.49. The molecule has 2 bridgehead atoms. The molecular formula is C23H29NO3S2. The molecule has 4 rings (SSSR count). The van der Waals surface area contributed by atoms with Crippen LogP contribution in [0, 0.1) is 23.7 Å². The molecule has 0 heterocycles. The van der Waals surface area contributed by atoms with E-state index in [2.05, 4.69) is 17.6 Å². The van der Waals surface area contributed by atoms with Crippen molar-refractivity contribution >= 4 is 20.7 Å². The normalized spacial score (nSPS) is 29.2. The number of rotatable bonds is 5. The Morgan fingerprint density at radius 2 is 1.76 bits per heavy atom. The van der Waals surface area contributed by atoms with Crippen LogP contribution in [-0.4, -0.2) is 25.4 Å². The predicted octanol–water partition coefficient (Wildman–Crippen LogP) is 4.73. The first-order valence-corrected chi connectivity index (χ1v) is 12.9. The second-order valence-electron chi connectivity index (χ2n) is 9.05. The molecule has 0 aliphatic heterocycles. The van der Waals surface area contributed by atoms with Gasteiger partial charge in [-0.3, -0.25) is 0 Å². The van der Waals surface area contributed by atoms with Crippen LogP contribution in [0.15, 0.2) is 68.2 Å². The summed E-state index contributed by atoms with van der Waals surface area (Å²) in [6, 6.07) is 16.5. The summed E-state index contributed by atoms with van der Waals surface area (Å²) in [4.78, 5) is 1.14. The van der Waals surface area contributed by atoms with Crippen LogP contribution in [0.5, 0.6) is 0 Å². The Balaban J connectivity index is 1.80. The second kappa shape index (κ2) is 7.33. The number of hydrogen-bond donors (Lipinski definition) is 1. The van der Waals surface area contributed by atoms with Gasteiger partial charge in [-0.25, -0.2) is 0 Å². The summed E-state index contributed by atoms with van der Waals surface area (Å²) in [5.41, 5.74) is 0.705. The van der Waals surface area contributed by atoms with E-state index in [1.54, 1.807) is 24.3 Å². The first-order chi connectivity index (χ1) is 13.7. The molecule has 0 aromatic heterocycles. The van der Waals surface area contributed by atoms with E-state index in [0.717, 1.165) is 29.7 Å². The van der Waals surface area contributed by atoms with E-state index in [-0.39, 0.29) is 15.7 Å². The van der Waals surface area contributed by atoms with Gasteiger partial charge in [0.05, 0.1) is 11.0 Å². The number of sulfonamides is 1. The van der Waals surface area contributed by atoms with E-state index in [0.29, 0.717) is 11.7 Å². The van der Waals surface area contributed by atoms with Crippen LogP contribution in [0.25, 0.3) is 0 Å². The van der Waals surface area contributed by atoms with Crippen LogP contribution in [0.1, 0.15) is 38.7 Å². The molecule has 1 N–H and O–H groups in total. The van der Waals surface area contributed by atoms with E-state index in [1.807, 2.05) is 37.3 Å². The summed E-state index contributed by atoms with van der Waals surface area (Å²) in [6.45, 7) is 6.41. The van der Waals surface area contributed by atoms with Crippen molar-refractivity contribution in [3.8, 4) is 0 Å². The van der Waals surface area contributed by atoms with Gasteiger partial charge in [0.15, 0.2) is 0 Å². The molecule has 0 radical (unpaired) electrons. The quantitative estimate of drug-likeness (QED) is 0.744. The number of hydrogen-bond acceptors (Lipinski definition) is 3. The third-order valence-electron chi connectivity index (χ3n) is 7.30. The lowest BCUT2D eigenvalue weighted by atomic mass is 9.70. The average Bonchev–Trinajstić information content (AvgIpc) is 3.03. The molecule has 2 aliphatic rings. The molecular weight excluding hydrogens is 402 g/mol. The maximum Gasteiger partial charge on any atom is 0.288 e. The standard InChI is InChI=1S/C23H29NO3S2/c1-17-9-11-20(12-10-17)29(26,27)24-28(19-7-5-4-6-8-19)16-23-14-13-18(15-21(23)25)22(23,2)3/h4-12,18,21,25H,13-16H2,1-3H3. The van der Waals surface area contributed by atoms with Gasteiger partial charge in [-0.05, 0) is 61.8 Å². The lowest BCUT2D eigenvalue weighted by Crippen LogP contribution is -2.43. The zero-order valence-electron chi connectivity index (χ0n) is 17.2. The first kappa shape index (κ1) is 20.8. The number of fused-ring (bicyclic) bond motifs is 2. The molecule has 4 unspecified atom stereocenters. The Kier molecular flexibility index (Phi) is 5.24. The fourth-order valence-corrected chi connectivity index (χ4v) is 9.39. The number of aryl methyl sites for hydroxylation is 1. The van der Waals surface area contributed by atoms with Crippen molar-refractivity contribution in [1.82, 2.24) is 0 Å². The van der Waals surface area contributed by atoms with E-state index in [1.165, 1.54) is 0 Å². The van der Waals surface area contributed by atoms with Crippen LogP contribution in [0.2, 0.25) is 0 Å². The average molecular weight is 432 g/mol. The minimum absolute atomic E-state index is 0.0183. The highest BCUT2D eigenvalue weighted by Gasteiger charge is 2.63. The van der Waals surface area contributed by atoms with Gasteiger partial charge < -0.3 is 5.11 Å². The summed E-state index contributed by atoms with van der Waals surface area (Å²) < 4.78 is 30.7. The molecule has 0 spiro atoms. The zero-order valence-corrected chi connectivity index (χ0v) is 18.8. The van der Waals surface area contributed by atoms with E-state index in [4.69, 9.17) is 0 Å². The van der Waals surface area contributed by atoms with Crippen molar-refractivity contribution < 1.29 is 13.5 Å². The molecule has 0 saturated heterocycles. The summed E-state index contributed by atoms with van der Waals surface area (Å²) in [6.07, 6.45) is 2.44. The number of benzene rings is 2. The van der Waals surface area contributed by atoms with Crippen molar-refractivity contribution in [2.75, 3.05) is 5.75 Å². The lowest BCUT2D eigenvalue weighted by molar-refractivity contribution is 0.0164. The third-order valence-corrected chi connectivity index (χ3v) is 11.3. The Morgan fingerprint density at radius 1 is 1.10 bits per heavy atom. The maximum atomic E-state index is 13.1. The Morgan fingerprint density at radius 3 is 2.31 bits per heavy atom. The second-order valence-corrected chi connectivity index (χ2v) is 12.6. The fraction of sp³-hybridized carbons (Fsp3) is 0.478. The molecule has 4 nitrogen and oxygen atoms in total. The smallest absolute Gasteiger partial charge is 0.288 e. The summed E-state index contributed by atoms with van der Waals surface area (Å²) in [7, 11) is -4.64. The Labute approximate surface area is 176 Å². The predicted molar refractivity (Wildman–Crippen MR) is 117 cm³/mol. The molecule has 29 heavy (non-hydrogen) atoms. The number of aliphatic hydroxyl groups excluding tert-OH is 1. The summed E-state index contributed by atoms with van der Waals surface area (Å²) in [5.74, 6) is 1.07. The van der Waals surface area contributed by atoms with E-state index >= 15 is 0 Å². The van der Waals surface area contributed by atoms with Gasteiger partial charge in [0.2, 0.25) is 0 Å². The highest BCUT2D eigenvalue weighted by atomic mass is 32.3. The van der Waals surface area contributed by atoms with Gasteiger partial charge in [-0.15, -0.1) is 3.77 Å². The highest BCUT2D eigenvalue weighted by Crippen LogP contribution is 2.66. The van der Waals surface area contributed by atoms with Gasteiger partial charge >= 0.3 is 0 Å². The van der Waals surface area contributed by atoms with Gasteiger partial charge in [0, 0.05) is 16.1 Å². The molecule has 0 amide bonds. The molecule has 2 saturated carbocycles. The van der Waals surface area contributed by atoms with E-state index in [9.17, 15) is 13.5 Å². The minimum atomic E-state index is -3.79. The van der Waals surface area contributed by atoms with Crippen LogP contribution < -0.4 is 0 Å². The molecule has 2 aromatic carbocycles. The maximum absolute atomic E-state index is 13.1. The molecule has 2 aromatic rings. The van der Waals surface area contributed by atoms with Crippen molar-refractivity contribution in [3.05, 3.63) is 60.2 Å². The van der Waals surface area contributed by atoms with E-state index < -0.39 is 26.8 Å². The number of aliphatic hydroxyl groups is 1. The molecule has 2 aliphatic carbocycles. The number of nitrogens with zero attached hydrogens (tertiary/aromatic N) is 1. The fourth-order valence-electron chi connectivity index (χ4n) is 5.23. The Hall–Kier alpha value is -1.50. The molecule has 156 valence electrons. The van der Waals surface area contributed by atoms with Crippen LogP contribution >= 0.6 is 0 Å². The van der Waals surface area contributed by atoms with Gasteiger partial charge in [-0.1, -0.05) is 60.4 Å². The van der Waals surface area contributed by atoms with Gasteiger partial charge in [0.1, 0.15) is 0 Å². The van der Waals surface area contributed by atoms with Gasteiger partial charge in [0.25, 0.3) is 10.0 Å². The van der Waals surface area contributed by atoms with Crippen LogP contribution in [-0.2, 0) is 20.7 Å². The van der Waals surface area contributed by atoms with Crippen molar-refractivity contribution in [1.29, 1.82) is 0 Å². The molecule has 2 fully saturated rings. The lowest BCUT2D eigenvalue weighted by Gasteiger charge is -2.41. The van der Waals surface area contributed by atoms with Crippen molar-refractivity contribution in [2.24, 2.45) is 20.5 Å². The SMILES string of the molecule is Cc1ccc(S(=O)(=O)/N=S(/CC23CCC(CC2O)C3(C)C)c2ccccc2)cc1. The topological polar surface area (TPSA) is 66.7 Å². The molecule has 4 atom stereocenters. The van der Waals surface area contributed by atoms with Crippen molar-refractivity contribution in [2.45, 2.75) is 55.9 Å². The van der Waals surface area contributed by atoms with Gasteiger partial charge in [-0.2, -0.15) is 8.42 Å².